The number of nitrogens with one attached hydrogen (secondary N) is 1. The number of hydrogen-bond acceptors (Lipinski definition) is 5. The highest BCUT2D eigenvalue weighted by molar-refractivity contribution is 6.31. The third-order valence-electron chi connectivity index (χ3n) is 3.23. The summed E-state index contributed by atoms with van der Waals surface area (Å²) in [7, 11) is 0. The van der Waals surface area contributed by atoms with E-state index < -0.39 is 11.4 Å². The van der Waals surface area contributed by atoms with Crippen molar-refractivity contribution in [2.24, 2.45) is 5.73 Å². The molecule has 3 N–H and O–H groups in total. The highest BCUT2D eigenvalue weighted by Crippen LogP contribution is 2.34. The van der Waals surface area contributed by atoms with Gasteiger partial charge >= 0.3 is 0 Å². The smallest absolute Gasteiger partial charge is 0.268 e. The Morgan fingerprint density at radius 3 is 3.00 bits per heavy atom. The molecule has 21 heavy (non-hydrogen) atoms. The minimum Gasteiger partial charge on any atom is -0.437 e. The van der Waals surface area contributed by atoms with Crippen LogP contribution in [-0.2, 0) is 4.79 Å². The highest BCUT2D eigenvalue weighted by Gasteiger charge is 2.44. The summed E-state index contributed by atoms with van der Waals surface area (Å²) >= 11 is 5.86. The fraction of sp³-hybridized carbons (Fsp3) is 0.214. The van der Waals surface area contributed by atoms with E-state index in [-0.39, 0.29) is 11.6 Å². The van der Waals surface area contributed by atoms with E-state index in [0.29, 0.717) is 29.0 Å². The molecule has 0 aliphatic heterocycles. The average Bonchev–Trinajstić information content (AvgIpc) is 3.11. The molecular weight excluding hydrogens is 292 g/mol. The minimum atomic E-state index is -0.760. The predicted octanol–water partition coefficient (Wildman–Crippen LogP) is 1.95. The quantitative estimate of drug-likeness (QED) is 0.843. The van der Waals surface area contributed by atoms with E-state index in [1.807, 2.05) is 0 Å². The van der Waals surface area contributed by atoms with Gasteiger partial charge in [-0.05, 0) is 25.0 Å². The number of nitriles is 1. The number of hydrogen-bond donors (Lipinski definition) is 2. The number of nitrogens with zero attached hydrogens (tertiary/aromatic N) is 2. The van der Waals surface area contributed by atoms with Crippen LogP contribution in [0.1, 0.15) is 18.7 Å². The van der Waals surface area contributed by atoms with E-state index in [1.54, 1.807) is 18.2 Å². The number of fused-ring (bicyclic) bond motifs is 1. The lowest BCUT2D eigenvalue weighted by Crippen LogP contribution is -2.38. The van der Waals surface area contributed by atoms with Gasteiger partial charge in [0.25, 0.3) is 5.91 Å². The van der Waals surface area contributed by atoms with E-state index in [9.17, 15) is 4.79 Å². The standard InChI is InChI=1S/C14H11ClN4O2/c15-8-1-2-10-11(5-8)21-12(18-10)6-9(17)13(20)19-14(7-16)3-4-14/h1-2,5-6H,3-4,17H2,(H,19,20)/b9-6-. The zero-order chi connectivity index (χ0) is 15.0. The third-order valence-corrected chi connectivity index (χ3v) is 3.46. The van der Waals surface area contributed by atoms with Gasteiger partial charge in [-0.3, -0.25) is 4.79 Å². The molecule has 1 aliphatic rings. The van der Waals surface area contributed by atoms with Crippen LogP contribution in [0.4, 0.5) is 0 Å². The number of benzene rings is 1. The van der Waals surface area contributed by atoms with Crippen LogP contribution in [-0.4, -0.2) is 16.4 Å². The topological polar surface area (TPSA) is 105 Å². The first kappa shape index (κ1) is 13.5. The van der Waals surface area contributed by atoms with E-state index in [1.165, 1.54) is 6.08 Å². The van der Waals surface area contributed by atoms with Gasteiger partial charge in [0.05, 0.1) is 6.07 Å². The van der Waals surface area contributed by atoms with Gasteiger partial charge in [0.1, 0.15) is 16.8 Å². The molecule has 0 spiro atoms. The molecule has 0 unspecified atom stereocenters. The summed E-state index contributed by atoms with van der Waals surface area (Å²) in [6.45, 7) is 0. The first-order chi connectivity index (χ1) is 10.0. The number of amides is 1. The van der Waals surface area contributed by atoms with Gasteiger partial charge in [-0.25, -0.2) is 4.98 Å². The minimum absolute atomic E-state index is 0.0609. The maximum Gasteiger partial charge on any atom is 0.268 e. The summed E-state index contributed by atoms with van der Waals surface area (Å²) in [4.78, 5) is 16.1. The molecule has 1 heterocycles. The number of aromatic nitrogens is 1. The number of oxazole rings is 1. The van der Waals surface area contributed by atoms with Crippen molar-refractivity contribution in [3.8, 4) is 6.07 Å². The zero-order valence-electron chi connectivity index (χ0n) is 10.9. The Balaban J connectivity index is 1.82. The van der Waals surface area contributed by atoms with Crippen molar-refractivity contribution in [2.75, 3.05) is 0 Å². The van der Waals surface area contributed by atoms with Crippen molar-refractivity contribution in [3.05, 3.63) is 34.8 Å². The van der Waals surface area contributed by atoms with Gasteiger partial charge in [-0.15, -0.1) is 0 Å². The molecule has 1 aromatic heterocycles. The van der Waals surface area contributed by atoms with Crippen LogP contribution in [0.15, 0.2) is 28.3 Å². The van der Waals surface area contributed by atoms with Gasteiger partial charge in [0, 0.05) is 17.2 Å². The van der Waals surface area contributed by atoms with Gasteiger partial charge in [0.15, 0.2) is 5.58 Å². The van der Waals surface area contributed by atoms with Crippen molar-refractivity contribution in [1.29, 1.82) is 5.26 Å². The maximum absolute atomic E-state index is 11.9. The van der Waals surface area contributed by atoms with Crippen LogP contribution in [0, 0.1) is 11.3 Å². The molecule has 1 amide bonds. The van der Waals surface area contributed by atoms with E-state index in [2.05, 4.69) is 16.4 Å². The maximum atomic E-state index is 11.9. The number of nitrogens with two attached hydrogens (primary N) is 1. The Labute approximate surface area is 125 Å². The lowest BCUT2D eigenvalue weighted by Gasteiger charge is -2.08. The van der Waals surface area contributed by atoms with Gasteiger partial charge in [-0.1, -0.05) is 11.6 Å². The van der Waals surface area contributed by atoms with E-state index in [4.69, 9.17) is 27.0 Å². The van der Waals surface area contributed by atoms with Gasteiger partial charge < -0.3 is 15.5 Å². The van der Waals surface area contributed by atoms with Crippen molar-refractivity contribution in [2.45, 2.75) is 18.4 Å². The fourth-order valence-electron chi connectivity index (χ4n) is 1.86. The number of halogens is 1. The molecule has 6 nitrogen and oxygen atoms in total. The summed E-state index contributed by atoms with van der Waals surface area (Å²) < 4.78 is 5.44. The van der Waals surface area contributed by atoms with Crippen LogP contribution in [0.25, 0.3) is 17.2 Å². The molecule has 1 saturated carbocycles. The van der Waals surface area contributed by atoms with Crippen LogP contribution in [0.2, 0.25) is 5.02 Å². The Kier molecular flexibility index (Phi) is 3.07. The van der Waals surface area contributed by atoms with Crippen LogP contribution >= 0.6 is 11.6 Å². The average molecular weight is 303 g/mol. The van der Waals surface area contributed by atoms with Crippen LogP contribution < -0.4 is 11.1 Å². The van der Waals surface area contributed by atoms with Crippen molar-refractivity contribution in [1.82, 2.24) is 10.3 Å². The normalized spacial score (nSPS) is 16.5. The van der Waals surface area contributed by atoms with Crippen LogP contribution in [0.5, 0.6) is 0 Å². The summed E-state index contributed by atoms with van der Waals surface area (Å²) in [5.74, 6) is -0.295. The lowest BCUT2D eigenvalue weighted by atomic mass is 10.3. The van der Waals surface area contributed by atoms with Gasteiger partial charge in [0.2, 0.25) is 5.89 Å². The van der Waals surface area contributed by atoms with Crippen molar-refractivity contribution in [3.63, 3.8) is 0 Å². The second kappa shape index (κ2) is 4.79. The molecule has 1 aromatic carbocycles. The molecule has 0 radical (unpaired) electrons. The second-order valence-corrected chi connectivity index (χ2v) is 5.35. The molecule has 106 valence electrons. The third kappa shape index (κ3) is 2.69. The largest absolute Gasteiger partial charge is 0.437 e. The highest BCUT2D eigenvalue weighted by atomic mass is 35.5. The zero-order valence-corrected chi connectivity index (χ0v) is 11.6. The Morgan fingerprint density at radius 2 is 2.33 bits per heavy atom. The van der Waals surface area contributed by atoms with E-state index in [0.717, 1.165) is 0 Å². The summed E-state index contributed by atoms with van der Waals surface area (Å²) in [6.07, 6.45) is 2.62. The molecule has 3 rings (SSSR count). The molecule has 7 heteroatoms. The Morgan fingerprint density at radius 1 is 1.57 bits per heavy atom. The van der Waals surface area contributed by atoms with E-state index >= 15 is 0 Å². The first-order valence-corrected chi connectivity index (χ1v) is 6.66. The number of carbonyl (C=O) groups excluding carboxylic acids is 1. The SMILES string of the molecule is N#CC1(NC(=O)/C(N)=C/c2nc3ccc(Cl)cc3o2)CC1. The predicted molar refractivity (Wildman–Crippen MR) is 76.9 cm³/mol. The molecule has 0 saturated heterocycles. The summed E-state index contributed by atoms with van der Waals surface area (Å²) in [5.41, 5.74) is 6.02. The summed E-state index contributed by atoms with van der Waals surface area (Å²) in [6, 6.07) is 7.10. The van der Waals surface area contributed by atoms with Gasteiger partial charge in [-0.2, -0.15) is 5.26 Å². The molecular formula is C14H11ClN4O2. The first-order valence-electron chi connectivity index (χ1n) is 6.28. The van der Waals surface area contributed by atoms with Crippen molar-refractivity contribution < 1.29 is 9.21 Å². The second-order valence-electron chi connectivity index (χ2n) is 4.91. The monoisotopic (exact) mass is 302 g/mol. The molecule has 1 aliphatic carbocycles. The Bertz CT molecular complexity index is 799. The lowest BCUT2D eigenvalue weighted by molar-refractivity contribution is -0.118. The molecule has 2 aromatic rings. The fourth-order valence-corrected chi connectivity index (χ4v) is 2.02. The summed E-state index contributed by atoms with van der Waals surface area (Å²) in [5, 5.41) is 12.1. The number of rotatable bonds is 3. The number of carbonyl (C=O) groups is 1. The molecule has 0 atom stereocenters. The Hall–Kier alpha value is -2.52. The van der Waals surface area contributed by atoms with Crippen molar-refractivity contribution >= 4 is 34.7 Å². The molecule has 0 bridgehead atoms. The molecule has 1 fully saturated rings. The van der Waals surface area contributed by atoms with Crippen LogP contribution in [0.3, 0.4) is 0 Å².